The number of methoxy groups -OCH3 is 1. The second kappa shape index (κ2) is 4.98. The fraction of sp³-hybridized carbons (Fsp3) is 0.769. The van der Waals surface area contributed by atoms with Crippen molar-refractivity contribution in [1.82, 2.24) is 0 Å². The van der Waals surface area contributed by atoms with E-state index in [0.717, 1.165) is 0 Å². The zero-order valence-electron chi connectivity index (χ0n) is 10.9. The highest BCUT2D eigenvalue weighted by atomic mass is 16.5. The van der Waals surface area contributed by atoms with E-state index >= 15 is 0 Å². The third-order valence-corrected chi connectivity index (χ3v) is 3.23. The number of carbonyl (C=O) groups is 3. The van der Waals surface area contributed by atoms with Crippen LogP contribution in [0, 0.1) is 17.3 Å². The number of rotatable bonds is 3. The monoisotopic (exact) mass is 240 g/mol. The van der Waals surface area contributed by atoms with Gasteiger partial charge in [0.05, 0.1) is 7.11 Å². The molecule has 4 nitrogen and oxygen atoms in total. The summed E-state index contributed by atoms with van der Waals surface area (Å²) in [4.78, 5) is 35.3. The Morgan fingerprint density at radius 1 is 1.35 bits per heavy atom. The molecule has 1 fully saturated rings. The summed E-state index contributed by atoms with van der Waals surface area (Å²) in [7, 11) is 1.28. The van der Waals surface area contributed by atoms with Crippen LogP contribution >= 0.6 is 0 Å². The lowest BCUT2D eigenvalue weighted by atomic mass is 9.76. The second-order valence-corrected chi connectivity index (χ2v) is 5.66. The van der Waals surface area contributed by atoms with Crippen molar-refractivity contribution in [2.45, 2.75) is 40.0 Å². The van der Waals surface area contributed by atoms with Gasteiger partial charge < -0.3 is 4.74 Å². The summed E-state index contributed by atoms with van der Waals surface area (Å²) < 4.78 is 4.71. The molecule has 0 aliphatic heterocycles. The van der Waals surface area contributed by atoms with Crippen molar-refractivity contribution in [3.05, 3.63) is 0 Å². The van der Waals surface area contributed by atoms with Gasteiger partial charge in [0, 0.05) is 18.3 Å². The van der Waals surface area contributed by atoms with Gasteiger partial charge in [0.1, 0.15) is 11.7 Å². The van der Waals surface area contributed by atoms with Crippen LogP contribution in [0.3, 0.4) is 0 Å². The lowest BCUT2D eigenvalue weighted by molar-refractivity contribution is -0.154. The number of ketones is 2. The number of carbonyl (C=O) groups excluding carboxylic acids is 3. The Kier molecular flexibility index (Phi) is 4.07. The molecule has 0 aromatic rings. The first-order valence-corrected chi connectivity index (χ1v) is 5.91. The fourth-order valence-electron chi connectivity index (χ4n) is 2.23. The summed E-state index contributed by atoms with van der Waals surface area (Å²) in [5.74, 6) is -1.48. The van der Waals surface area contributed by atoms with E-state index in [4.69, 9.17) is 4.74 Å². The van der Waals surface area contributed by atoms with Crippen molar-refractivity contribution in [1.29, 1.82) is 0 Å². The molecule has 0 amide bonds. The van der Waals surface area contributed by atoms with Crippen LogP contribution in [0.15, 0.2) is 0 Å². The quantitative estimate of drug-likeness (QED) is 0.557. The zero-order chi connectivity index (χ0) is 13.2. The maximum absolute atomic E-state index is 12.2. The first kappa shape index (κ1) is 13.9. The lowest BCUT2D eigenvalue weighted by Crippen LogP contribution is -2.38. The highest BCUT2D eigenvalue weighted by Crippen LogP contribution is 2.34. The van der Waals surface area contributed by atoms with Crippen LogP contribution in [0.1, 0.15) is 40.0 Å². The van der Waals surface area contributed by atoms with Crippen LogP contribution < -0.4 is 0 Å². The molecule has 0 aromatic carbocycles. The second-order valence-electron chi connectivity index (χ2n) is 5.66. The van der Waals surface area contributed by atoms with Gasteiger partial charge in [0.2, 0.25) is 0 Å². The number of ether oxygens (including phenoxy) is 1. The van der Waals surface area contributed by atoms with Gasteiger partial charge in [-0.25, -0.2) is 0 Å². The molecule has 1 aliphatic carbocycles. The van der Waals surface area contributed by atoms with Gasteiger partial charge >= 0.3 is 5.97 Å². The summed E-state index contributed by atoms with van der Waals surface area (Å²) in [6.07, 6.45) is 1.40. The smallest absolute Gasteiger partial charge is 0.316 e. The van der Waals surface area contributed by atoms with E-state index in [1.165, 1.54) is 7.11 Å². The van der Waals surface area contributed by atoms with E-state index in [1.807, 2.05) is 0 Å². The summed E-state index contributed by atoms with van der Waals surface area (Å²) in [5.41, 5.74) is -0.593. The van der Waals surface area contributed by atoms with Crippen molar-refractivity contribution in [3.8, 4) is 0 Å². The molecular formula is C13H20O4. The highest BCUT2D eigenvalue weighted by Gasteiger charge is 2.43. The minimum atomic E-state index is -0.786. The van der Waals surface area contributed by atoms with E-state index in [9.17, 15) is 14.4 Å². The minimum Gasteiger partial charge on any atom is -0.468 e. The Morgan fingerprint density at radius 2 is 1.94 bits per heavy atom. The van der Waals surface area contributed by atoms with E-state index in [-0.39, 0.29) is 17.5 Å². The Hall–Kier alpha value is -1.19. The molecule has 0 heterocycles. The van der Waals surface area contributed by atoms with Gasteiger partial charge in [-0.05, 0) is 12.3 Å². The van der Waals surface area contributed by atoms with Gasteiger partial charge in [-0.3, -0.25) is 14.4 Å². The van der Waals surface area contributed by atoms with Crippen LogP contribution in [-0.2, 0) is 19.1 Å². The Bertz CT molecular complexity index is 338. The summed E-state index contributed by atoms with van der Waals surface area (Å²) in [6, 6.07) is 0. The number of esters is 1. The van der Waals surface area contributed by atoms with Crippen molar-refractivity contribution >= 4 is 17.5 Å². The molecule has 1 rings (SSSR count). The average molecular weight is 240 g/mol. The van der Waals surface area contributed by atoms with E-state index in [0.29, 0.717) is 19.3 Å². The Labute approximate surface area is 102 Å². The van der Waals surface area contributed by atoms with Gasteiger partial charge in [-0.15, -0.1) is 0 Å². The molecule has 0 spiro atoms. The normalized spacial score (nSPS) is 22.4. The number of hydrogen-bond donors (Lipinski definition) is 0. The van der Waals surface area contributed by atoms with Crippen LogP contribution in [0.5, 0.6) is 0 Å². The molecular weight excluding hydrogens is 220 g/mol. The van der Waals surface area contributed by atoms with Gasteiger partial charge in [0.15, 0.2) is 5.78 Å². The number of Topliss-reactive ketones (excluding diaryl/α,β-unsaturated/α-hetero) is 2. The SMILES string of the molecule is COC(=O)C(C(=O)C(C)(C)C)C1CCC(=O)C1. The molecule has 0 bridgehead atoms. The molecule has 0 aromatic heterocycles. The van der Waals surface area contributed by atoms with Crippen LogP contribution in [-0.4, -0.2) is 24.6 Å². The molecule has 2 atom stereocenters. The third kappa shape index (κ3) is 3.14. The van der Waals surface area contributed by atoms with Crippen molar-refractivity contribution in [3.63, 3.8) is 0 Å². The maximum Gasteiger partial charge on any atom is 0.316 e. The largest absolute Gasteiger partial charge is 0.468 e. The summed E-state index contributed by atoms with van der Waals surface area (Å²) in [6.45, 7) is 5.34. The predicted octanol–water partition coefficient (Wildman–Crippen LogP) is 1.76. The topological polar surface area (TPSA) is 60.4 Å². The van der Waals surface area contributed by atoms with Crippen molar-refractivity contribution in [2.24, 2.45) is 17.3 Å². The highest BCUT2D eigenvalue weighted by molar-refractivity contribution is 6.02. The van der Waals surface area contributed by atoms with E-state index < -0.39 is 17.3 Å². The Morgan fingerprint density at radius 3 is 2.29 bits per heavy atom. The van der Waals surface area contributed by atoms with Gasteiger partial charge in [-0.2, -0.15) is 0 Å². The summed E-state index contributed by atoms with van der Waals surface area (Å²) in [5, 5.41) is 0. The van der Waals surface area contributed by atoms with Crippen molar-refractivity contribution in [2.75, 3.05) is 7.11 Å². The maximum atomic E-state index is 12.2. The molecule has 0 radical (unpaired) electrons. The minimum absolute atomic E-state index is 0.130. The molecule has 17 heavy (non-hydrogen) atoms. The molecule has 0 saturated heterocycles. The molecule has 1 aliphatic rings. The van der Waals surface area contributed by atoms with Gasteiger partial charge in [0.25, 0.3) is 0 Å². The first-order chi connectivity index (χ1) is 7.77. The molecule has 96 valence electrons. The molecule has 2 unspecified atom stereocenters. The van der Waals surface area contributed by atoms with Gasteiger partial charge in [-0.1, -0.05) is 20.8 Å². The molecule has 1 saturated carbocycles. The molecule has 4 heteroatoms. The Balaban J connectivity index is 2.92. The first-order valence-electron chi connectivity index (χ1n) is 5.91. The third-order valence-electron chi connectivity index (χ3n) is 3.23. The fourth-order valence-corrected chi connectivity index (χ4v) is 2.23. The van der Waals surface area contributed by atoms with E-state index in [2.05, 4.69) is 0 Å². The number of hydrogen-bond acceptors (Lipinski definition) is 4. The standard InChI is InChI=1S/C13H20O4/c1-13(2,3)11(15)10(12(16)17-4)8-5-6-9(14)7-8/h8,10H,5-7H2,1-4H3. The van der Waals surface area contributed by atoms with E-state index in [1.54, 1.807) is 20.8 Å². The van der Waals surface area contributed by atoms with Crippen LogP contribution in [0.4, 0.5) is 0 Å². The summed E-state index contributed by atoms with van der Waals surface area (Å²) >= 11 is 0. The van der Waals surface area contributed by atoms with Crippen LogP contribution in [0.2, 0.25) is 0 Å². The molecule has 0 N–H and O–H groups in total. The van der Waals surface area contributed by atoms with Crippen LogP contribution in [0.25, 0.3) is 0 Å². The van der Waals surface area contributed by atoms with Crippen molar-refractivity contribution < 1.29 is 19.1 Å². The predicted molar refractivity (Wildman–Crippen MR) is 62.3 cm³/mol. The average Bonchev–Trinajstić information content (AvgIpc) is 2.63. The zero-order valence-corrected chi connectivity index (χ0v) is 10.9. The lowest BCUT2D eigenvalue weighted by Gasteiger charge is -2.26.